The van der Waals surface area contributed by atoms with Crippen LogP contribution in [0.2, 0.25) is 0 Å². The van der Waals surface area contributed by atoms with Gasteiger partial charge in [0.15, 0.2) is 5.75 Å². The first-order valence-electron chi connectivity index (χ1n) is 3.32. The summed E-state index contributed by atoms with van der Waals surface area (Å²) in [6, 6.07) is 3.23. The Morgan fingerprint density at radius 2 is 2.14 bits per heavy atom. The summed E-state index contributed by atoms with van der Waals surface area (Å²) < 4.78 is 24.5. The number of anilines is 1. The molecule has 0 heterocycles. The van der Waals surface area contributed by atoms with E-state index in [0.29, 0.717) is 0 Å². The van der Waals surface area contributed by atoms with Gasteiger partial charge in [-0.2, -0.15) is 0 Å². The fraction of sp³-hybridized carbons (Fsp3) is 0. The van der Waals surface area contributed by atoms with Gasteiger partial charge < -0.3 is 14.5 Å². The average Bonchev–Trinajstić information content (AvgIpc) is 2.07. The van der Waals surface area contributed by atoms with Crippen molar-refractivity contribution in [3.8, 4) is 5.75 Å². The van der Waals surface area contributed by atoms with E-state index in [2.05, 4.69) is 4.18 Å². The minimum absolute atomic E-state index is 0.108. The van der Waals surface area contributed by atoms with E-state index >= 15 is 0 Å². The van der Waals surface area contributed by atoms with Crippen molar-refractivity contribution in [2.45, 2.75) is 0 Å². The highest BCUT2D eigenvalue weighted by Gasteiger charge is 2.09. The topological polar surface area (TPSA) is 119 Å². The summed E-state index contributed by atoms with van der Waals surface area (Å²) in [4.78, 5) is 9.63. The first-order chi connectivity index (χ1) is 6.50. The third-order valence-electron chi connectivity index (χ3n) is 1.36. The molecule has 0 aromatic heterocycles. The zero-order valence-electron chi connectivity index (χ0n) is 6.71. The van der Waals surface area contributed by atoms with Crippen molar-refractivity contribution in [3.05, 3.63) is 28.3 Å². The summed E-state index contributed by atoms with van der Waals surface area (Å²) >= 11 is -2.74. The highest BCUT2D eigenvalue weighted by molar-refractivity contribution is 7.74. The van der Waals surface area contributed by atoms with Crippen LogP contribution in [-0.4, -0.2) is 13.7 Å². The molecule has 0 saturated heterocycles. The number of hydrogen-bond donors (Lipinski definition) is 1. The second-order valence-corrected chi connectivity index (χ2v) is 2.84. The van der Waals surface area contributed by atoms with E-state index in [4.69, 9.17) is 5.73 Å². The monoisotopic (exact) mass is 217 g/mol. The Bertz CT molecular complexity index is 394. The third-order valence-corrected chi connectivity index (χ3v) is 1.68. The van der Waals surface area contributed by atoms with Crippen molar-refractivity contribution in [2.24, 2.45) is 0 Å². The lowest BCUT2D eigenvalue weighted by molar-refractivity contribution is -0.384. The molecule has 1 atom stereocenters. The summed E-state index contributed by atoms with van der Waals surface area (Å²) in [7, 11) is 0. The van der Waals surface area contributed by atoms with Crippen molar-refractivity contribution in [3.63, 3.8) is 0 Å². The molecule has 0 aliphatic carbocycles. The van der Waals surface area contributed by atoms with Gasteiger partial charge in [-0.25, -0.2) is 4.21 Å². The Labute approximate surface area is 81.1 Å². The standard InChI is InChI=1S/C6H6N2O5S/c7-5-3-4(8(9)10)1-2-6(5)13-14(11)12/h1-3H,7H2,(H,11,12)/p-1. The maximum Gasteiger partial charge on any atom is 0.271 e. The van der Waals surface area contributed by atoms with Gasteiger partial charge >= 0.3 is 0 Å². The molecule has 8 heteroatoms. The lowest BCUT2D eigenvalue weighted by Crippen LogP contribution is -2.01. The Balaban J connectivity index is 3.01. The number of nitrogens with zero attached hydrogens (tertiary/aromatic N) is 1. The van der Waals surface area contributed by atoms with E-state index in [-0.39, 0.29) is 17.1 Å². The zero-order valence-corrected chi connectivity index (χ0v) is 7.52. The average molecular weight is 217 g/mol. The second kappa shape index (κ2) is 4.03. The number of rotatable bonds is 3. The Hall–Kier alpha value is -1.67. The molecular weight excluding hydrogens is 212 g/mol. The molecule has 0 radical (unpaired) electrons. The van der Waals surface area contributed by atoms with Gasteiger partial charge in [-0.05, 0) is 6.07 Å². The predicted octanol–water partition coefficient (Wildman–Crippen LogP) is 0.350. The van der Waals surface area contributed by atoms with Crippen LogP contribution < -0.4 is 9.92 Å². The number of nitro groups is 1. The van der Waals surface area contributed by atoms with Crippen LogP contribution in [0.15, 0.2) is 18.2 Å². The van der Waals surface area contributed by atoms with Crippen molar-refractivity contribution in [1.29, 1.82) is 0 Å². The molecule has 0 aliphatic heterocycles. The largest absolute Gasteiger partial charge is 0.740 e. The minimum atomic E-state index is -2.74. The number of nitrogens with two attached hydrogens (primary N) is 1. The van der Waals surface area contributed by atoms with Crippen LogP contribution in [0.5, 0.6) is 5.75 Å². The van der Waals surface area contributed by atoms with E-state index in [9.17, 15) is 18.9 Å². The fourth-order valence-corrected chi connectivity index (χ4v) is 1.10. The lowest BCUT2D eigenvalue weighted by Gasteiger charge is -2.08. The van der Waals surface area contributed by atoms with E-state index in [1.165, 1.54) is 0 Å². The van der Waals surface area contributed by atoms with Crippen molar-refractivity contribution >= 4 is 22.7 Å². The van der Waals surface area contributed by atoms with Gasteiger partial charge in [0.05, 0.1) is 10.6 Å². The molecule has 0 saturated carbocycles. The highest BCUT2D eigenvalue weighted by atomic mass is 32.2. The molecule has 1 unspecified atom stereocenters. The summed E-state index contributed by atoms with van der Waals surface area (Å²) in [5, 5.41) is 10.3. The number of nitro benzene ring substituents is 1. The van der Waals surface area contributed by atoms with Crippen LogP contribution in [0.1, 0.15) is 0 Å². The summed E-state index contributed by atoms with van der Waals surface area (Å²) in [6.45, 7) is 0. The molecule has 0 aliphatic rings. The zero-order chi connectivity index (χ0) is 10.7. The molecule has 0 spiro atoms. The second-order valence-electron chi connectivity index (χ2n) is 2.27. The summed E-state index contributed by atoms with van der Waals surface area (Å²) in [5.41, 5.74) is 4.97. The Kier molecular flexibility index (Phi) is 2.99. The van der Waals surface area contributed by atoms with Crippen LogP contribution >= 0.6 is 0 Å². The SMILES string of the molecule is Nc1cc([N+](=O)[O-])ccc1OS(=O)[O-]. The third kappa shape index (κ3) is 2.41. The molecular formula is C6H5N2O5S-. The van der Waals surface area contributed by atoms with Gasteiger partial charge in [-0.1, -0.05) is 0 Å². The van der Waals surface area contributed by atoms with Gasteiger partial charge in [0, 0.05) is 12.1 Å². The first-order valence-corrected chi connectivity index (χ1v) is 4.32. The number of benzene rings is 1. The Morgan fingerprint density at radius 1 is 1.50 bits per heavy atom. The molecule has 1 aromatic carbocycles. The number of nitrogen functional groups attached to an aromatic ring is 1. The summed E-state index contributed by atoms with van der Waals surface area (Å²) in [6.07, 6.45) is 0. The first kappa shape index (κ1) is 10.4. The predicted molar refractivity (Wildman–Crippen MR) is 47.1 cm³/mol. The molecule has 14 heavy (non-hydrogen) atoms. The van der Waals surface area contributed by atoms with Crippen LogP contribution in [-0.2, 0) is 11.4 Å². The number of hydrogen-bond acceptors (Lipinski definition) is 6. The molecule has 0 amide bonds. The van der Waals surface area contributed by atoms with Gasteiger partial charge in [-0.3, -0.25) is 10.1 Å². The molecule has 76 valence electrons. The van der Waals surface area contributed by atoms with Crippen LogP contribution in [0.25, 0.3) is 0 Å². The fourth-order valence-electron chi connectivity index (χ4n) is 0.799. The molecule has 0 fully saturated rings. The van der Waals surface area contributed by atoms with Crippen LogP contribution in [0.4, 0.5) is 11.4 Å². The quantitative estimate of drug-likeness (QED) is 0.337. The van der Waals surface area contributed by atoms with Crippen molar-refractivity contribution in [2.75, 3.05) is 5.73 Å². The van der Waals surface area contributed by atoms with E-state index in [1.807, 2.05) is 0 Å². The van der Waals surface area contributed by atoms with E-state index < -0.39 is 16.3 Å². The molecule has 1 rings (SSSR count). The van der Waals surface area contributed by atoms with Crippen LogP contribution in [0.3, 0.4) is 0 Å². The van der Waals surface area contributed by atoms with Gasteiger partial charge in [-0.15, -0.1) is 0 Å². The Morgan fingerprint density at radius 3 is 2.57 bits per heavy atom. The van der Waals surface area contributed by atoms with E-state index in [1.54, 1.807) is 0 Å². The van der Waals surface area contributed by atoms with Crippen molar-refractivity contribution < 1.29 is 17.9 Å². The van der Waals surface area contributed by atoms with Gasteiger partial charge in [0.25, 0.3) is 5.69 Å². The minimum Gasteiger partial charge on any atom is -0.740 e. The highest BCUT2D eigenvalue weighted by Crippen LogP contribution is 2.26. The molecule has 2 N–H and O–H groups in total. The van der Waals surface area contributed by atoms with Gasteiger partial charge in [0.2, 0.25) is 0 Å². The molecule has 1 aromatic rings. The van der Waals surface area contributed by atoms with Gasteiger partial charge in [0.1, 0.15) is 11.4 Å². The lowest BCUT2D eigenvalue weighted by atomic mass is 10.2. The normalized spacial score (nSPS) is 12.1. The van der Waals surface area contributed by atoms with Crippen LogP contribution in [0, 0.1) is 10.1 Å². The number of non-ortho nitro benzene ring substituents is 1. The molecule has 0 bridgehead atoms. The van der Waals surface area contributed by atoms with Crippen molar-refractivity contribution in [1.82, 2.24) is 0 Å². The smallest absolute Gasteiger partial charge is 0.271 e. The van der Waals surface area contributed by atoms with E-state index in [0.717, 1.165) is 18.2 Å². The molecule has 7 nitrogen and oxygen atoms in total. The maximum atomic E-state index is 10.3. The summed E-state index contributed by atoms with van der Waals surface area (Å²) in [5.74, 6) is -0.135. The maximum absolute atomic E-state index is 10.3.